The van der Waals surface area contributed by atoms with E-state index in [4.69, 9.17) is 17.3 Å². The molecule has 0 bridgehead atoms. The Morgan fingerprint density at radius 3 is 3.00 bits per heavy atom. The maximum absolute atomic E-state index is 5.86. The zero-order valence-corrected chi connectivity index (χ0v) is 12.5. The summed E-state index contributed by atoms with van der Waals surface area (Å²) < 4.78 is 0. The van der Waals surface area contributed by atoms with Gasteiger partial charge < -0.3 is 16.0 Å². The minimum absolute atomic E-state index is 0.188. The number of aryl methyl sites for hydroxylation is 1. The van der Waals surface area contributed by atoms with Crippen LogP contribution in [0.1, 0.15) is 12.0 Å². The number of nitrogens with zero attached hydrogens (tertiary/aromatic N) is 3. The molecule has 0 unspecified atom stereocenters. The summed E-state index contributed by atoms with van der Waals surface area (Å²) in [7, 11) is 0. The van der Waals surface area contributed by atoms with Gasteiger partial charge in [-0.15, -0.1) is 0 Å². The van der Waals surface area contributed by atoms with E-state index in [1.807, 2.05) is 0 Å². The molecule has 6 heteroatoms. The SMILES string of the molecule is Nc1nc(Cl)cc(NCCN2CCCc3ccccc32)n1. The van der Waals surface area contributed by atoms with Gasteiger partial charge in [0.05, 0.1) is 0 Å². The molecular formula is C15H18ClN5. The molecule has 110 valence electrons. The lowest BCUT2D eigenvalue weighted by molar-refractivity contribution is 0.698. The van der Waals surface area contributed by atoms with E-state index in [1.54, 1.807) is 6.07 Å². The van der Waals surface area contributed by atoms with Crippen LogP contribution in [0.3, 0.4) is 0 Å². The van der Waals surface area contributed by atoms with Crippen molar-refractivity contribution in [2.24, 2.45) is 0 Å². The number of nitrogen functional groups attached to an aromatic ring is 1. The molecule has 0 atom stereocenters. The van der Waals surface area contributed by atoms with Gasteiger partial charge >= 0.3 is 0 Å². The van der Waals surface area contributed by atoms with Gasteiger partial charge in [-0.1, -0.05) is 29.8 Å². The molecule has 0 spiro atoms. The third-order valence-corrected chi connectivity index (χ3v) is 3.80. The van der Waals surface area contributed by atoms with Gasteiger partial charge in [0.1, 0.15) is 11.0 Å². The molecular weight excluding hydrogens is 286 g/mol. The Kier molecular flexibility index (Phi) is 4.10. The number of hydrogen-bond acceptors (Lipinski definition) is 5. The molecule has 5 nitrogen and oxygen atoms in total. The normalized spacial score (nSPS) is 13.9. The third-order valence-electron chi connectivity index (χ3n) is 3.61. The van der Waals surface area contributed by atoms with Crippen LogP contribution < -0.4 is 16.0 Å². The Labute approximate surface area is 129 Å². The lowest BCUT2D eigenvalue weighted by Crippen LogP contribution is -2.33. The second-order valence-corrected chi connectivity index (χ2v) is 5.47. The predicted molar refractivity (Wildman–Crippen MR) is 86.9 cm³/mol. The van der Waals surface area contributed by atoms with Crippen molar-refractivity contribution in [3.05, 3.63) is 41.0 Å². The predicted octanol–water partition coefficient (Wildman–Crippen LogP) is 2.58. The first-order valence-corrected chi connectivity index (χ1v) is 7.47. The topological polar surface area (TPSA) is 67.1 Å². The monoisotopic (exact) mass is 303 g/mol. The quantitative estimate of drug-likeness (QED) is 0.850. The average Bonchev–Trinajstić information content (AvgIpc) is 2.46. The highest BCUT2D eigenvalue weighted by Crippen LogP contribution is 2.26. The second kappa shape index (κ2) is 6.18. The molecule has 3 N–H and O–H groups in total. The molecule has 1 aromatic carbocycles. The summed E-state index contributed by atoms with van der Waals surface area (Å²) >= 11 is 5.86. The Morgan fingerprint density at radius 1 is 1.29 bits per heavy atom. The first kappa shape index (κ1) is 13.9. The molecule has 0 amide bonds. The zero-order chi connectivity index (χ0) is 14.7. The summed E-state index contributed by atoms with van der Waals surface area (Å²) in [5, 5.41) is 3.60. The van der Waals surface area contributed by atoms with Crippen LogP contribution in [0.4, 0.5) is 17.5 Å². The molecule has 0 radical (unpaired) electrons. The van der Waals surface area contributed by atoms with E-state index in [1.165, 1.54) is 17.7 Å². The summed E-state index contributed by atoms with van der Waals surface area (Å²) in [6.45, 7) is 2.78. The minimum atomic E-state index is 0.188. The average molecular weight is 304 g/mol. The number of nitrogens with one attached hydrogen (secondary N) is 1. The van der Waals surface area contributed by atoms with E-state index in [0.717, 1.165) is 26.1 Å². The third kappa shape index (κ3) is 3.36. The highest BCUT2D eigenvalue weighted by molar-refractivity contribution is 6.29. The molecule has 0 saturated heterocycles. The fourth-order valence-electron chi connectivity index (χ4n) is 2.69. The van der Waals surface area contributed by atoms with Gasteiger partial charge in [-0.3, -0.25) is 0 Å². The summed E-state index contributed by atoms with van der Waals surface area (Å²) in [5.74, 6) is 0.853. The lowest BCUT2D eigenvalue weighted by atomic mass is 10.0. The molecule has 21 heavy (non-hydrogen) atoms. The van der Waals surface area contributed by atoms with Gasteiger partial charge in [-0.2, -0.15) is 4.98 Å². The number of rotatable bonds is 4. The number of nitrogens with two attached hydrogens (primary N) is 1. The zero-order valence-electron chi connectivity index (χ0n) is 11.7. The molecule has 2 aromatic rings. The van der Waals surface area contributed by atoms with Crippen molar-refractivity contribution in [3.8, 4) is 0 Å². The van der Waals surface area contributed by atoms with Crippen molar-refractivity contribution in [2.45, 2.75) is 12.8 Å². The second-order valence-electron chi connectivity index (χ2n) is 5.08. The van der Waals surface area contributed by atoms with Crippen LogP contribution in [-0.4, -0.2) is 29.6 Å². The van der Waals surface area contributed by atoms with Crippen LogP contribution in [-0.2, 0) is 6.42 Å². The van der Waals surface area contributed by atoms with E-state index in [-0.39, 0.29) is 5.95 Å². The fourth-order valence-corrected chi connectivity index (χ4v) is 2.88. The van der Waals surface area contributed by atoms with Crippen molar-refractivity contribution in [3.63, 3.8) is 0 Å². The lowest BCUT2D eigenvalue weighted by Gasteiger charge is -2.31. The maximum Gasteiger partial charge on any atom is 0.223 e. The molecule has 2 heterocycles. The van der Waals surface area contributed by atoms with Crippen LogP contribution in [0.5, 0.6) is 0 Å². The first-order chi connectivity index (χ1) is 10.2. The van der Waals surface area contributed by atoms with Gasteiger partial charge in [-0.05, 0) is 24.5 Å². The van der Waals surface area contributed by atoms with Crippen molar-refractivity contribution < 1.29 is 0 Å². The Morgan fingerprint density at radius 2 is 2.14 bits per heavy atom. The van der Waals surface area contributed by atoms with Crippen LogP contribution in [0, 0.1) is 0 Å². The molecule has 1 aromatic heterocycles. The van der Waals surface area contributed by atoms with Gasteiger partial charge in [0.2, 0.25) is 5.95 Å². The van der Waals surface area contributed by atoms with Gasteiger partial charge in [-0.25, -0.2) is 4.98 Å². The largest absolute Gasteiger partial charge is 0.370 e. The maximum atomic E-state index is 5.86. The summed E-state index contributed by atoms with van der Waals surface area (Å²) in [4.78, 5) is 10.4. The number of benzene rings is 1. The molecule has 0 aliphatic carbocycles. The number of halogens is 1. The van der Waals surface area contributed by atoms with E-state index in [2.05, 4.69) is 44.5 Å². The standard InChI is InChI=1S/C15H18ClN5/c16-13-10-14(20-15(17)19-13)18-7-9-21-8-3-5-11-4-1-2-6-12(11)21/h1-2,4,6,10H,3,5,7-9H2,(H3,17,18,19,20). The highest BCUT2D eigenvalue weighted by Gasteiger charge is 2.15. The van der Waals surface area contributed by atoms with Gasteiger partial charge in [0.15, 0.2) is 0 Å². The van der Waals surface area contributed by atoms with E-state index in [9.17, 15) is 0 Å². The molecule has 1 aliphatic heterocycles. The van der Waals surface area contributed by atoms with E-state index < -0.39 is 0 Å². The van der Waals surface area contributed by atoms with E-state index >= 15 is 0 Å². The van der Waals surface area contributed by atoms with Crippen LogP contribution in [0.2, 0.25) is 5.15 Å². The highest BCUT2D eigenvalue weighted by atomic mass is 35.5. The number of para-hydroxylation sites is 1. The first-order valence-electron chi connectivity index (χ1n) is 7.09. The minimum Gasteiger partial charge on any atom is -0.370 e. The molecule has 1 aliphatic rings. The smallest absolute Gasteiger partial charge is 0.223 e. The van der Waals surface area contributed by atoms with Crippen molar-refractivity contribution in [1.82, 2.24) is 9.97 Å². The van der Waals surface area contributed by atoms with Crippen LogP contribution in [0.25, 0.3) is 0 Å². The molecule has 3 rings (SSSR count). The Hall–Kier alpha value is -2.01. The van der Waals surface area contributed by atoms with Crippen molar-refractivity contribution >= 4 is 29.1 Å². The summed E-state index contributed by atoms with van der Waals surface area (Å²) in [6, 6.07) is 10.3. The number of hydrogen-bond donors (Lipinski definition) is 2. The van der Waals surface area contributed by atoms with Gasteiger partial charge in [0.25, 0.3) is 0 Å². The Bertz CT molecular complexity index is 611. The number of fused-ring (bicyclic) bond motifs is 1. The summed E-state index contributed by atoms with van der Waals surface area (Å²) in [6.07, 6.45) is 2.36. The van der Waals surface area contributed by atoms with Gasteiger partial charge in [0, 0.05) is 31.4 Å². The van der Waals surface area contributed by atoms with Crippen molar-refractivity contribution in [2.75, 3.05) is 35.6 Å². The summed E-state index contributed by atoms with van der Waals surface area (Å²) in [5.41, 5.74) is 8.35. The van der Waals surface area contributed by atoms with Crippen molar-refractivity contribution in [1.29, 1.82) is 0 Å². The molecule has 0 fully saturated rings. The van der Waals surface area contributed by atoms with E-state index in [0.29, 0.717) is 11.0 Å². The Balaban J connectivity index is 1.61. The van der Waals surface area contributed by atoms with Crippen LogP contribution >= 0.6 is 11.6 Å². The molecule has 0 saturated carbocycles. The number of aromatic nitrogens is 2. The number of anilines is 3. The fraction of sp³-hybridized carbons (Fsp3) is 0.333. The van der Waals surface area contributed by atoms with Crippen LogP contribution in [0.15, 0.2) is 30.3 Å².